The molecule has 1 unspecified atom stereocenters. The summed E-state index contributed by atoms with van der Waals surface area (Å²) in [5.41, 5.74) is 1.63. The number of aromatic nitrogens is 2. The molecule has 2 rings (SSSR count). The van der Waals surface area contributed by atoms with Crippen molar-refractivity contribution in [3.8, 4) is 0 Å². The van der Waals surface area contributed by atoms with Crippen LogP contribution in [0.1, 0.15) is 73.4 Å². The summed E-state index contributed by atoms with van der Waals surface area (Å²) in [6.07, 6.45) is 0.248. The highest BCUT2D eigenvalue weighted by atomic mass is 19.4. The first-order valence-corrected chi connectivity index (χ1v) is 12.5. The van der Waals surface area contributed by atoms with Crippen molar-refractivity contribution in [3.05, 3.63) is 60.1 Å². The molecule has 1 N–H and O–H groups in total. The molecule has 2 aromatic heterocycles. The molecule has 210 valence electrons. The first kappa shape index (κ1) is 32.8. The van der Waals surface area contributed by atoms with Gasteiger partial charge in [0.2, 0.25) is 0 Å². The van der Waals surface area contributed by atoms with Gasteiger partial charge in [0.25, 0.3) is 0 Å². The summed E-state index contributed by atoms with van der Waals surface area (Å²) < 4.78 is 42.7. The van der Waals surface area contributed by atoms with Gasteiger partial charge in [0.1, 0.15) is 11.4 Å². The molecule has 0 fully saturated rings. The van der Waals surface area contributed by atoms with Gasteiger partial charge in [-0.15, -0.1) is 0 Å². The van der Waals surface area contributed by atoms with E-state index in [2.05, 4.69) is 30.4 Å². The number of fused-ring (bicyclic) bond motifs is 1. The number of alkyl halides is 3. The van der Waals surface area contributed by atoms with E-state index < -0.39 is 36.8 Å². The molecule has 0 saturated heterocycles. The van der Waals surface area contributed by atoms with Crippen molar-refractivity contribution >= 4 is 28.3 Å². The van der Waals surface area contributed by atoms with Crippen molar-refractivity contribution in [2.24, 2.45) is 0 Å². The Labute approximate surface area is 223 Å². The maximum absolute atomic E-state index is 12.4. The number of ether oxygens (including phenoxy) is 1. The van der Waals surface area contributed by atoms with Gasteiger partial charge in [-0.3, -0.25) is 9.88 Å². The predicted molar refractivity (Wildman–Crippen MR) is 148 cm³/mol. The van der Waals surface area contributed by atoms with Gasteiger partial charge in [-0.1, -0.05) is 39.0 Å². The summed E-state index contributed by atoms with van der Waals surface area (Å²) in [5, 5.41) is 11.6. The van der Waals surface area contributed by atoms with Gasteiger partial charge in [-0.25, -0.2) is 9.78 Å². The molecule has 0 spiro atoms. The summed E-state index contributed by atoms with van der Waals surface area (Å²) >= 11 is 0. The Morgan fingerprint density at radius 1 is 1.16 bits per heavy atom. The third-order valence-corrected chi connectivity index (χ3v) is 5.12. The van der Waals surface area contributed by atoms with Gasteiger partial charge in [0.05, 0.1) is 11.8 Å². The quantitative estimate of drug-likeness (QED) is 0.363. The van der Waals surface area contributed by atoms with E-state index in [9.17, 15) is 23.1 Å². The summed E-state index contributed by atoms with van der Waals surface area (Å²) in [5.74, 6) is 0.410. The lowest BCUT2D eigenvalue weighted by molar-refractivity contribution is -0.138. The Hall–Kier alpha value is -3.20. The summed E-state index contributed by atoms with van der Waals surface area (Å²) in [6.45, 7) is 16.9. The number of rotatable bonds is 7. The molecule has 1 amide bonds. The average molecular weight is 536 g/mol. The number of anilines is 1. The molecular formula is C29H40F3N3O3. The van der Waals surface area contributed by atoms with Crippen LogP contribution in [0, 0.1) is 0 Å². The van der Waals surface area contributed by atoms with E-state index in [-0.39, 0.29) is 5.57 Å². The molecule has 1 atom stereocenters. The molecule has 0 saturated carbocycles. The molecule has 0 aliphatic rings. The topological polar surface area (TPSA) is 75.6 Å². The van der Waals surface area contributed by atoms with Crippen LogP contribution in [-0.2, 0) is 4.74 Å². The van der Waals surface area contributed by atoms with E-state index in [1.54, 1.807) is 59.3 Å². The maximum atomic E-state index is 12.4. The van der Waals surface area contributed by atoms with Crippen LogP contribution >= 0.6 is 0 Å². The third-order valence-electron chi connectivity index (χ3n) is 5.12. The van der Waals surface area contributed by atoms with Gasteiger partial charge in [0.15, 0.2) is 0 Å². The van der Waals surface area contributed by atoms with Crippen LogP contribution in [0.5, 0.6) is 0 Å². The lowest BCUT2D eigenvalue weighted by atomic mass is 9.97. The number of halogens is 3. The summed E-state index contributed by atoms with van der Waals surface area (Å²) in [4.78, 5) is 22.5. The number of carbonyl (C=O) groups excluding carboxylic acids is 1. The first-order chi connectivity index (χ1) is 17.5. The number of pyridine rings is 2. The van der Waals surface area contributed by atoms with E-state index in [0.29, 0.717) is 17.1 Å². The fraction of sp³-hybridized carbons (Fsp3) is 0.483. The van der Waals surface area contributed by atoms with Crippen LogP contribution in [-0.4, -0.2) is 46.1 Å². The molecular weight excluding hydrogens is 495 g/mol. The Balaban J connectivity index is 0.00000229. The Kier molecular flexibility index (Phi) is 12.2. The number of allylic oxidation sites excluding steroid dienone is 3. The Morgan fingerprint density at radius 2 is 1.71 bits per heavy atom. The standard InChI is InChI=1S/C26H32F3N3O3.C3H8/c1-8-20(16(2)11-17(3)22(33)9-10-26(27,28)29)21-12-18-15-31-23(13-19(18)14-30-21)32(7)24(34)35-25(4,5)6;1-3-2/h8,11-15,22,33H,3,9-10H2,1-2,4-7H3;3H2,1-2H3/b16-11-,20-8+;. The fourth-order valence-electron chi connectivity index (χ4n) is 3.30. The second-order valence-corrected chi connectivity index (χ2v) is 9.98. The zero-order valence-corrected chi connectivity index (χ0v) is 23.6. The van der Waals surface area contributed by atoms with Crippen molar-refractivity contribution in [3.63, 3.8) is 0 Å². The van der Waals surface area contributed by atoms with Crippen molar-refractivity contribution in [1.82, 2.24) is 9.97 Å². The van der Waals surface area contributed by atoms with Gasteiger partial charge in [-0.2, -0.15) is 13.2 Å². The molecule has 0 aromatic carbocycles. The van der Waals surface area contributed by atoms with Gasteiger partial charge in [0, 0.05) is 36.6 Å². The molecule has 38 heavy (non-hydrogen) atoms. The van der Waals surface area contributed by atoms with Gasteiger partial charge < -0.3 is 9.84 Å². The zero-order chi connectivity index (χ0) is 29.3. The van der Waals surface area contributed by atoms with Gasteiger partial charge in [-0.05, 0) is 69.9 Å². The first-order valence-electron chi connectivity index (χ1n) is 12.5. The summed E-state index contributed by atoms with van der Waals surface area (Å²) in [7, 11) is 1.58. The third kappa shape index (κ3) is 10.7. The van der Waals surface area contributed by atoms with E-state index in [1.165, 1.54) is 11.3 Å². The van der Waals surface area contributed by atoms with Crippen LogP contribution in [0.25, 0.3) is 16.3 Å². The van der Waals surface area contributed by atoms with Crippen molar-refractivity contribution in [2.75, 3.05) is 11.9 Å². The Morgan fingerprint density at radius 3 is 2.24 bits per heavy atom. The number of aliphatic hydroxyl groups is 1. The lowest BCUT2D eigenvalue weighted by Crippen LogP contribution is -2.34. The Bertz CT molecular complexity index is 1170. The van der Waals surface area contributed by atoms with Crippen molar-refractivity contribution in [1.29, 1.82) is 0 Å². The molecule has 9 heteroatoms. The monoisotopic (exact) mass is 535 g/mol. The van der Waals surface area contributed by atoms with Crippen LogP contribution in [0.3, 0.4) is 0 Å². The van der Waals surface area contributed by atoms with E-state index in [1.807, 2.05) is 19.1 Å². The van der Waals surface area contributed by atoms with Crippen molar-refractivity contribution < 1.29 is 27.8 Å². The maximum Gasteiger partial charge on any atom is 0.415 e. The largest absolute Gasteiger partial charge is 0.443 e. The highest BCUT2D eigenvalue weighted by molar-refractivity contribution is 5.92. The highest BCUT2D eigenvalue weighted by Crippen LogP contribution is 2.28. The molecule has 2 heterocycles. The van der Waals surface area contributed by atoms with Crippen LogP contribution in [0.2, 0.25) is 0 Å². The molecule has 0 aliphatic carbocycles. The number of hydrogen-bond acceptors (Lipinski definition) is 5. The molecule has 6 nitrogen and oxygen atoms in total. The highest BCUT2D eigenvalue weighted by Gasteiger charge is 2.28. The minimum Gasteiger partial charge on any atom is -0.443 e. The second-order valence-electron chi connectivity index (χ2n) is 9.98. The minimum atomic E-state index is -4.33. The van der Waals surface area contributed by atoms with E-state index in [4.69, 9.17) is 4.74 Å². The smallest absolute Gasteiger partial charge is 0.415 e. The van der Waals surface area contributed by atoms with Crippen LogP contribution < -0.4 is 4.90 Å². The fourth-order valence-corrected chi connectivity index (χ4v) is 3.30. The van der Waals surface area contributed by atoms with Gasteiger partial charge >= 0.3 is 12.3 Å². The number of nitrogens with zero attached hydrogens (tertiary/aromatic N) is 3. The van der Waals surface area contributed by atoms with Crippen molar-refractivity contribution in [2.45, 2.75) is 85.6 Å². The van der Waals surface area contributed by atoms with Crippen LogP contribution in [0.15, 0.2) is 54.4 Å². The van der Waals surface area contributed by atoms with E-state index in [0.717, 1.165) is 16.3 Å². The predicted octanol–water partition coefficient (Wildman–Crippen LogP) is 8.03. The zero-order valence-electron chi connectivity index (χ0n) is 23.6. The average Bonchev–Trinajstić information content (AvgIpc) is 2.81. The molecule has 0 bridgehead atoms. The summed E-state index contributed by atoms with van der Waals surface area (Å²) in [6, 6.07) is 3.56. The molecule has 0 aliphatic heterocycles. The SMILES string of the molecule is C=C(/C=C(C)\C(=C/C)c1cc2cnc(N(C)C(=O)OC(C)(C)C)cc2cn1)C(O)CCC(F)(F)F.CCC. The second kappa shape index (κ2) is 14.1. The number of carbonyl (C=O) groups is 1. The lowest BCUT2D eigenvalue weighted by Gasteiger charge is -2.24. The molecule has 0 radical (unpaired) electrons. The number of aliphatic hydroxyl groups excluding tert-OH is 1. The number of hydrogen-bond donors (Lipinski definition) is 1. The minimum absolute atomic E-state index is 0.198. The normalized spacial score (nSPS) is 13.5. The molecule has 2 aromatic rings. The van der Waals surface area contributed by atoms with E-state index >= 15 is 0 Å². The van der Waals surface area contributed by atoms with Crippen LogP contribution in [0.4, 0.5) is 23.8 Å². The number of amides is 1.